The second-order valence-corrected chi connectivity index (χ2v) is 15.4. The van der Waals surface area contributed by atoms with Crippen LogP contribution in [-0.4, -0.2) is 48.9 Å². The molecule has 4 aliphatic carbocycles. The molecule has 8 heteroatoms. The van der Waals surface area contributed by atoms with E-state index in [0.717, 1.165) is 24.8 Å². The Morgan fingerprint density at radius 2 is 1.66 bits per heavy atom. The molecule has 1 aliphatic heterocycles. The first kappa shape index (κ1) is 31.9. The third-order valence-electron chi connectivity index (χ3n) is 13.0. The number of benzene rings is 1. The molecule has 4 fully saturated rings. The summed E-state index contributed by atoms with van der Waals surface area (Å²) >= 11 is 0. The lowest BCUT2D eigenvalue weighted by Gasteiger charge is -2.69. The summed E-state index contributed by atoms with van der Waals surface area (Å²) in [4.78, 5) is 38.9. The Hall–Kier alpha value is -3.65. The molecule has 7 rings (SSSR count). The van der Waals surface area contributed by atoms with Gasteiger partial charge in [-0.05, 0) is 59.8 Å². The van der Waals surface area contributed by atoms with Crippen LogP contribution in [0.1, 0.15) is 84.3 Å². The highest BCUT2D eigenvalue weighted by atomic mass is 16.6. The Bertz CT molecular complexity index is 1610. The lowest BCUT2D eigenvalue weighted by atomic mass is 9.36. The molecule has 2 aromatic rings. The van der Waals surface area contributed by atoms with E-state index < -0.39 is 46.6 Å². The van der Waals surface area contributed by atoms with Gasteiger partial charge in [0.1, 0.15) is 18.3 Å². The molecule has 0 radical (unpaired) electrons. The van der Waals surface area contributed by atoms with Crippen LogP contribution in [-0.2, 0) is 33.3 Å². The van der Waals surface area contributed by atoms with E-state index in [4.69, 9.17) is 23.4 Å². The number of carbonyl (C=O) groups is 3. The predicted molar refractivity (Wildman–Crippen MR) is 174 cm³/mol. The van der Waals surface area contributed by atoms with Crippen LogP contribution in [0.5, 0.6) is 0 Å². The molecule has 1 aromatic heterocycles. The molecule has 0 spiro atoms. The number of hydrogen-bond acceptors (Lipinski definition) is 8. The molecule has 0 amide bonds. The average Bonchev–Trinajstić information content (AvgIpc) is 3.75. The number of furan rings is 1. The first-order valence-electron chi connectivity index (χ1n) is 17.0. The molecule has 8 nitrogen and oxygen atoms in total. The van der Waals surface area contributed by atoms with Crippen molar-refractivity contribution in [1.29, 1.82) is 0 Å². The van der Waals surface area contributed by atoms with E-state index in [1.807, 2.05) is 36.6 Å². The van der Waals surface area contributed by atoms with E-state index in [-0.39, 0.29) is 35.1 Å². The van der Waals surface area contributed by atoms with Crippen LogP contribution in [0.4, 0.5) is 0 Å². The van der Waals surface area contributed by atoms with Gasteiger partial charge in [0.15, 0.2) is 0 Å². The van der Waals surface area contributed by atoms with Crippen LogP contribution in [0.3, 0.4) is 0 Å². The number of carbonyl (C=O) groups excluding carboxylic acids is 3. The van der Waals surface area contributed by atoms with Gasteiger partial charge in [-0.25, -0.2) is 4.79 Å². The van der Waals surface area contributed by atoms with Crippen molar-refractivity contribution in [3.05, 3.63) is 77.8 Å². The van der Waals surface area contributed by atoms with E-state index in [0.29, 0.717) is 13.0 Å². The van der Waals surface area contributed by atoms with Crippen LogP contribution >= 0.6 is 0 Å². The van der Waals surface area contributed by atoms with Crippen molar-refractivity contribution in [2.45, 2.75) is 97.6 Å². The standard InChI is InChI=1S/C39H46O8/c1-23(40)45-30-20-31(46-24(2)41)39(6)29-16-18-36(3)27(26-17-19-43-21-26)13-14-28(36)38(29,5)35(33-34(39)37(30,4)22-44-33)47-32(42)15-12-25-10-8-7-9-11-25/h7-12,14-15,17,19,21,27,29-31,33-35H,13,16,18,20,22H2,1-6H3. The number of ether oxygens (including phenoxy) is 4. The lowest BCUT2D eigenvalue weighted by Crippen LogP contribution is -2.73. The van der Waals surface area contributed by atoms with Crippen molar-refractivity contribution in [3.8, 4) is 0 Å². The summed E-state index contributed by atoms with van der Waals surface area (Å²) in [6.07, 6.45) is 10.1. The van der Waals surface area contributed by atoms with Crippen molar-refractivity contribution < 1.29 is 37.7 Å². The summed E-state index contributed by atoms with van der Waals surface area (Å²) < 4.78 is 31.2. The summed E-state index contributed by atoms with van der Waals surface area (Å²) in [5, 5.41) is 0. The average molecular weight is 643 g/mol. The van der Waals surface area contributed by atoms with E-state index >= 15 is 0 Å². The first-order valence-corrected chi connectivity index (χ1v) is 17.0. The third-order valence-corrected chi connectivity index (χ3v) is 13.0. The van der Waals surface area contributed by atoms with Gasteiger partial charge in [-0.1, -0.05) is 69.7 Å². The molecule has 2 heterocycles. The predicted octanol–water partition coefficient (Wildman–Crippen LogP) is 7.05. The topological polar surface area (TPSA) is 101 Å². The fourth-order valence-corrected chi connectivity index (χ4v) is 11.3. The highest BCUT2D eigenvalue weighted by Gasteiger charge is 2.78. The Morgan fingerprint density at radius 1 is 0.936 bits per heavy atom. The summed E-state index contributed by atoms with van der Waals surface area (Å²) in [5.74, 6) is -1.16. The molecule has 0 bridgehead atoms. The smallest absolute Gasteiger partial charge is 0.331 e. The van der Waals surface area contributed by atoms with E-state index in [1.165, 1.54) is 31.1 Å². The summed E-state index contributed by atoms with van der Waals surface area (Å²) in [7, 11) is 0. The largest absolute Gasteiger partial charge is 0.472 e. The van der Waals surface area contributed by atoms with E-state index in [1.54, 1.807) is 12.3 Å². The molecule has 11 atom stereocenters. The Morgan fingerprint density at radius 3 is 2.34 bits per heavy atom. The number of esters is 3. The molecular weight excluding hydrogens is 596 g/mol. The van der Waals surface area contributed by atoms with E-state index in [9.17, 15) is 14.4 Å². The number of hydrogen-bond donors (Lipinski definition) is 0. The van der Waals surface area contributed by atoms with Gasteiger partial charge in [0.2, 0.25) is 0 Å². The molecule has 47 heavy (non-hydrogen) atoms. The van der Waals surface area contributed by atoms with Gasteiger partial charge < -0.3 is 23.4 Å². The van der Waals surface area contributed by atoms with Crippen LogP contribution in [0.25, 0.3) is 6.08 Å². The maximum Gasteiger partial charge on any atom is 0.331 e. The summed E-state index contributed by atoms with van der Waals surface area (Å²) in [5.41, 5.74) is 1.40. The van der Waals surface area contributed by atoms with Gasteiger partial charge in [0.25, 0.3) is 0 Å². The van der Waals surface area contributed by atoms with Crippen molar-refractivity contribution >= 4 is 24.0 Å². The molecule has 3 saturated carbocycles. The van der Waals surface area contributed by atoms with Crippen molar-refractivity contribution in [1.82, 2.24) is 0 Å². The number of fused-ring (bicyclic) bond motifs is 4. The molecular formula is C39H46O8. The van der Waals surface area contributed by atoms with Crippen LogP contribution in [0.15, 0.2) is 71.1 Å². The lowest BCUT2D eigenvalue weighted by molar-refractivity contribution is -0.265. The Balaban J connectivity index is 1.36. The second-order valence-electron chi connectivity index (χ2n) is 15.4. The minimum Gasteiger partial charge on any atom is -0.472 e. The SMILES string of the molecule is CC(=O)OC1CC(OC(C)=O)C2(C)C3C(OCC13C)C(OC(=O)C=Cc1ccccc1)C1(C)C3=CCC(c4ccoc4)C3(C)CCC12. The molecule has 5 aliphatic rings. The quantitative estimate of drug-likeness (QED) is 0.143. The minimum absolute atomic E-state index is 0.0155. The van der Waals surface area contributed by atoms with Crippen molar-refractivity contribution in [3.63, 3.8) is 0 Å². The maximum absolute atomic E-state index is 13.8. The molecule has 0 N–H and O–H groups in total. The van der Waals surface area contributed by atoms with Crippen molar-refractivity contribution in [2.24, 2.45) is 33.5 Å². The fraction of sp³-hybridized carbons (Fsp3) is 0.564. The molecule has 11 unspecified atom stereocenters. The number of rotatable bonds is 6. The van der Waals surface area contributed by atoms with Gasteiger partial charge in [0, 0.05) is 48.5 Å². The van der Waals surface area contributed by atoms with Crippen LogP contribution < -0.4 is 0 Å². The molecule has 1 saturated heterocycles. The minimum atomic E-state index is -0.629. The van der Waals surface area contributed by atoms with Gasteiger partial charge in [-0.3, -0.25) is 9.59 Å². The Labute approximate surface area is 276 Å². The summed E-state index contributed by atoms with van der Waals surface area (Å²) in [6, 6.07) is 11.7. The normalized spacial score (nSPS) is 41.7. The first-order chi connectivity index (χ1) is 22.3. The maximum atomic E-state index is 13.8. The highest BCUT2D eigenvalue weighted by molar-refractivity contribution is 5.87. The zero-order chi connectivity index (χ0) is 33.4. The monoisotopic (exact) mass is 642 g/mol. The number of allylic oxidation sites excluding steroid dienone is 1. The zero-order valence-corrected chi connectivity index (χ0v) is 28.2. The molecule has 1 aromatic carbocycles. The van der Waals surface area contributed by atoms with Gasteiger partial charge in [-0.2, -0.15) is 0 Å². The van der Waals surface area contributed by atoms with Gasteiger partial charge in [-0.15, -0.1) is 0 Å². The van der Waals surface area contributed by atoms with Crippen LogP contribution in [0, 0.1) is 33.5 Å². The van der Waals surface area contributed by atoms with Crippen molar-refractivity contribution in [2.75, 3.05) is 6.61 Å². The fourth-order valence-electron chi connectivity index (χ4n) is 11.3. The summed E-state index contributed by atoms with van der Waals surface area (Å²) in [6.45, 7) is 12.2. The Kier molecular flexibility index (Phi) is 7.62. The van der Waals surface area contributed by atoms with Gasteiger partial charge in [0.05, 0.1) is 25.2 Å². The second kappa shape index (κ2) is 11.2. The highest BCUT2D eigenvalue weighted by Crippen LogP contribution is 2.76. The van der Waals surface area contributed by atoms with Crippen LogP contribution in [0.2, 0.25) is 0 Å². The third kappa shape index (κ3) is 4.68. The van der Waals surface area contributed by atoms with Gasteiger partial charge >= 0.3 is 17.9 Å². The van der Waals surface area contributed by atoms with E-state index in [2.05, 4.69) is 39.8 Å². The molecule has 250 valence electrons. The zero-order valence-electron chi connectivity index (χ0n) is 28.2.